The van der Waals surface area contributed by atoms with Crippen LogP contribution >= 0.6 is 12.2 Å². The molecule has 1 unspecified atom stereocenters. The van der Waals surface area contributed by atoms with Crippen molar-refractivity contribution in [3.8, 4) is 11.5 Å². The Morgan fingerprint density at radius 3 is 2.38 bits per heavy atom. The van der Waals surface area contributed by atoms with Gasteiger partial charge in [-0.05, 0) is 48.3 Å². The second-order valence-electron chi connectivity index (χ2n) is 6.93. The Balaban J connectivity index is 1.82. The maximum atomic E-state index is 12.5. The van der Waals surface area contributed by atoms with E-state index in [-0.39, 0.29) is 11.7 Å². The molecule has 8 nitrogen and oxygen atoms in total. The second-order valence-corrected chi connectivity index (χ2v) is 7.34. The number of hydrogen-bond donors (Lipinski definition) is 3. The van der Waals surface area contributed by atoms with Crippen molar-refractivity contribution < 1.29 is 23.8 Å². The van der Waals surface area contributed by atoms with Gasteiger partial charge in [-0.1, -0.05) is 44.2 Å². The molecular weight excluding hydrogens is 430 g/mol. The minimum atomic E-state index is -0.469. The van der Waals surface area contributed by atoms with Crippen molar-refractivity contribution in [1.29, 1.82) is 0 Å². The number of thiocarbonyl (C=S) groups is 1. The Morgan fingerprint density at radius 2 is 1.66 bits per heavy atom. The third-order valence-electron chi connectivity index (χ3n) is 4.64. The van der Waals surface area contributed by atoms with Crippen LogP contribution in [0.1, 0.15) is 42.1 Å². The molecule has 0 aliphatic rings. The normalized spacial score (nSPS) is 11.2. The number of methoxy groups -OCH3 is 1. The standard InChI is InChI=1S/C23H29N3O5S/c1-4-16(2)17-9-5-7-11-19(17)31-15-21(27)25-26-23(32)24-22(28)18-10-6-8-12-20(18)30-14-13-29-3/h5-12,16H,4,13-15H2,1-3H3,(H,25,27)(H2,24,26,28,32). The number of hydrogen-bond acceptors (Lipinski definition) is 6. The Kier molecular flexibility index (Phi) is 10.4. The molecule has 0 radical (unpaired) electrons. The van der Waals surface area contributed by atoms with Crippen LogP contribution in [-0.4, -0.2) is 43.9 Å². The summed E-state index contributed by atoms with van der Waals surface area (Å²) in [5.41, 5.74) is 6.27. The quantitative estimate of drug-likeness (QED) is 0.285. The van der Waals surface area contributed by atoms with Gasteiger partial charge in [-0.15, -0.1) is 0 Å². The lowest BCUT2D eigenvalue weighted by Gasteiger charge is -2.16. The fourth-order valence-corrected chi connectivity index (χ4v) is 2.91. The molecule has 172 valence electrons. The number of rotatable bonds is 10. The van der Waals surface area contributed by atoms with Gasteiger partial charge in [-0.25, -0.2) is 0 Å². The summed E-state index contributed by atoms with van der Waals surface area (Å²) in [7, 11) is 1.57. The van der Waals surface area contributed by atoms with E-state index in [1.54, 1.807) is 31.4 Å². The molecule has 2 aromatic rings. The van der Waals surface area contributed by atoms with Crippen LogP contribution in [0.4, 0.5) is 0 Å². The molecular formula is C23H29N3O5S. The zero-order valence-electron chi connectivity index (χ0n) is 18.5. The molecule has 0 saturated heterocycles. The fourth-order valence-electron chi connectivity index (χ4n) is 2.76. The van der Waals surface area contributed by atoms with Crippen molar-refractivity contribution >= 4 is 29.1 Å². The monoisotopic (exact) mass is 459 g/mol. The van der Waals surface area contributed by atoms with E-state index >= 15 is 0 Å². The van der Waals surface area contributed by atoms with Crippen LogP contribution in [0, 0.1) is 0 Å². The van der Waals surface area contributed by atoms with Crippen molar-refractivity contribution in [2.75, 3.05) is 26.9 Å². The SMILES string of the molecule is CCC(C)c1ccccc1OCC(=O)NNC(=S)NC(=O)c1ccccc1OCCOC. The molecule has 0 heterocycles. The smallest absolute Gasteiger partial charge is 0.276 e. The predicted molar refractivity (Wildman–Crippen MR) is 126 cm³/mol. The maximum Gasteiger partial charge on any atom is 0.276 e. The lowest BCUT2D eigenvalue weighted by molar-refractivity contribution is -0.123. The van der Waals surface area contributed by atoms with E-state index in [4.69, 9.17) is 26.4 Å². The average molecular weight is 460 g/mol. The summed E-state index contributed by atoms with van der Waals surface area (Å²) >= 11 is 5.09. The Bertz CT molecular complexity index is 922. The van der Waals surface area contributed by atoms with Gasteiger partial charge in [0.25, 0.3) is 11.8 Å². The highest BCUT2D eigenvalue weighted by Crippen LogP contribution is 2.28. The number of carbonyl (C=O) groups excluding carboxylic acids is 2. The van der Waals surface area contributed by atoms with E-state index in [9.17, 15) is 9.59 Å². The van der Waals surface area contributed by atoms with Gasteiger partial charge in [0, 0.05) is 7.11 Å². The lowest BCUT2D eigenvalue weighted by Crippen LogP contribution is -2.49. The molecule has 1 atom stereocenters. The molecule has 2 rings (SSSR count). The van der Waals surface area contributed by atoms with Crippen molar-refractivity contribution in [2.24, 2.45) is 0 Å². The van der Waals surface area contributed by atoms with E-state index < -0.39 is 11.8 Å². The van der Waals surface area contributed by atoms with E-state index in [1.807, 2.05) is 24.3 Å². The summed E-state index contributed by atoms with van der Waals surface area (Å²) in [5.74, 6) is 0.476. The number of amides is 2. The van der Waals surface area contributed by atoms with Crippen molar-refractivity contribution in [3.05, 3.63) is 59.7 Å². The Morgan fingerprint density at radius 1 is 0.969 bits per heavy atom. The molecule has 2 aromatic carbocycles. The van der Waals surface area contributed by atoms with Gasteiger partial charge in [0.15, 0.2) is 11.7 Å². The van der Waals surface area contributed by atoms with E-state index in [2.05, 4.69) is 30.0 Å². The maximum absolute atomic E-state index is 12.5. The first-order chi connectivity index (χ1) is 15.5. The highest BCUT2D eigenvalue weighted by Gasteiger charge is 2.15. The molecule has 0 fully saturated rings. The topological polar surface area (TPSA) is 97.9 Å². The highest BCUT2D eigenvalue weighted by molar-refractivity contribution is 7.80. The van der Waals surface area contributed by atoms with Crippen LogP contribution in [0.5, 0.6) is 11.5 Å². The summed E-state index contributed by atoms with van der Waals surface area (Å²) in [6.45, 7) is 4.70. The van der Waals surface area contributed by atoms with Crippen molar-refractivity contribution in [3.63, 3.8) is 0 Å². The van der Waals surface area contributed by atoms with Crippen LogP contribution in [0.15, 0.2) is 48.5 Å². The number of ether oxygens (including phenoxy) is 3. The van der Waals surface area contributed by atoms with Gasteiger partial charge in [0.05, 0.1) is 12.2 Å². The minimum Gasteiger partial charge on any atom is -0.490 e. The molecule has 0 saturated carbocycles. The summed E-state index contributed by atoms with van der Waals surface area (Å²) in [4.78, 5) is 24.6. The first-order valence-electron chi connectivity index (χ1n) is 10.3. The van der Waals surface area contributed by atoms with Crippen molar-refractivity contribution in [2.45, 2.75) is 26.2 Å². The molecule has 3 N–H and O–H groups in total. The molecule has 0 aliphatic carbocycles. The molecule has 0 aromatic heterocycles. The number of para-hydroxylation sites is 2. The van der Waals surface area contributed by atoms with Gasteiger partial charge in [0.1, 0.15) is 18.1 Å². The summed E-state index contributed by atoms with van der Waals surface area (Å²) in [6, 6.07) is 14.4. The van der Waals surface area contributed by atoms with Crippen LogP contribution in [0.3, 0.4) is 0 Å². The number of benzene rings is 2. The lowest BCUT2D eigenvalue weighted by atomic mass is 9.98. The highest BCUT2D eigenvalue weighted by atomic mass is 32.1. The number of nitrogens with one attached hydrogen (secondary N) is 3. The molecule has 32 heavy (non-hydrogen) atoms. The van der Waals surface area contributed by atoms with E-state index in [0.29, 0.717) is 36.2 Å². The summed E-state index contributed by atoms with van der Waals surface area (Å²) in [6.07, 6.45) is 0.961. The fraction of sp³-hybridized carbons (Fsp3) is 0.348. The average Bonchev–Trinajstić information content (AvgIpc) is 2.81. The summed E-state index contributed by atoms with van der Waals surface area (Å²) < 4.78 is 16.2. The molecule has 0 aliphatic heterocycles. The third kappa shape index (κ3) is 7.82. The zero-order valence-corrected chi connectivity index (χ0v) is 19.3. The summed E-state index contributed by atoms with van der Waals surface area (Å²) in [5, 5.41) is 2.44. The van der Waals surface area contributed by atoms with Crippen molar-refractivity contribution in [1.82, 2.24) is 16.2 Å². The molecule has 0 spiro atoms. The Hall–Kier alpha value is -3.17. The van der Waals surface area contributed by atoms with Crippen LogP contribution in [0.25, 0.3) is 0 Å². The molecule has 9 heteroatoms. The largest absolute Gasteiger partial charge is 0.490 e. The van der Waals surface area contributed by atoms with Crippen LogP contribution in [0.2, 0.25) is 0 Å². The number of carbonyl (C=O) groups is 2. The predicted octanol–water partition coefficient (Wildman–Crippen LogP) is 2.94. The minimum absolute atomic E-state index is 0.0601. The second kappa shape index (κ2) is 13.3. The first kappa shape index (κ1) is 25.1. The van der Waals surface area contributed by atoms with E-state index in [1.165, 1.54) is 0 Å². The van der Waals surface area contributed by atoms with Gasteiger partial charge in [-0.2, -0.15) is 0 Å². The van der Waals surface area contributed by atoms with Gasteiger partial charge < -0.3 is 14.2 Å². The van der Waals surface area contributed by atoms with Gasteiger partial charge in [0.2, 0.25) is 0 Å². The van der Waals surface area contributed by atoms with Gasteiger partial charge in [-0.3, -0.25) is 25.8 Å². The number of hydrazine groups is 1. The third-order valence-corrected chi connectivity index (χ3v) is 4.84. The van der Waals surface area contributed by atoms with Crippen LogP contribution < -0.4 is 25.6 Å². The molecule has 0 bridgehead atoms. The Labute approximate surface area is 193 Å². The zero-order chi connectivity index (χ0) is 23.3. The first-order valence-corrected chi connectivity index (χ1v) is 10.7. The molecule has 2 amide bonds. The van der Waals surface area contributed by atoms with E-state index in [0.717, 1.165) is 12.0 Å². The van der Waals surface area contributed by atoms with Crippen LogP contribution in [-0.2, 0) is 9.53 Å². The van der Waals surface area contributed by atoms with Gasteiger partial charge >= 0.3 is 0 Å².